The van der Waals surface area contributed by atoms with E-state index in [0.717, 1.165) is 24.7 Å². The van der Waals surface area contributed by atoms with Gasteiger partial charge in [0.15, 0.2) is 0 Å². The summed E-state index contributed by atoms with van der Waals surface area (Å²) < 4.78 is 0. The van der Waals surface area contributed by atoms with Crippen LogP contribution in [0.25, 0.3) is 0 Å². The monoisotopic (exact) mass is 234 g/mol. The number of phenolic OH excluding ortho intramolecular Hbond substituents is 1. The molecule has 1 saturated carbocycles. The fourth-order valence-corrected chi connectivity index (χ4v) is 2.07. The van der Waals surface area contributed by atoms with Crippen LogP contribution in [0.3, 0.4) is 0 Å². The highest BCUT2D eigenvalue weighted by molar-refractivity contribution is 5.28. The Bertz CT molecular complexity index is 363. The van der Waals surface area contributed by atoms with Crippen molar-refractivity contribution in [3.05, 3.63) is 29.8 Å². The fraction of sp³-hybridized carbons (Fsp3) is 0.571. The Hall–Kier alpha value is -1.06. The number of hydrogen-bond donors (Lipinski definition) is 2. The van der Waals surface area contributed by atoms with Crippen molar-refractivity contribution >= 4 is 0 Å². The maximum Gasteiger partial charge on any atom is 0.115 e. The zero-order chi connectivity index (χ0) is 12.3. The van der Waals surface area contributed by atoms with Crippen LogP contribution in [0.15, 0.2) is 24.3 Å². The van der Waals surface area contributed by atoms with Crippen molar-refractivity contribution in [3.8, 4) is 5.75 Å². The Labute approximate surface area is 103 Å². The third kappa shape index (κ3) is 3.72. The molecular formula is C14H22N2O. The number of phenols is 1. The Morgan fingerprint density at radius 3 is 2.88 bits per heavy atom. The second kappa shape index (κ2) is 5.52. The molecule has 2 N–H and O–H groups in total. The SMILES string of the molecule is CC(NCCN(C)C1CC1)c1cccc(O)c1. The standard InChI is InChI=1S/C14H22N2O/c1-11(12-4-3-5-14(17)10-12)15-8-9-16(2)13-6-7-13/h3-5,10-11,13,15,17H,6-9H2,1-2H3. The minimum Gasteiger partial charge on any atom is -0.508 e. The summed E-state index contributed by atoms with van der Waals surface area (Å²) in [6.07, 6.45) is 2.72. The summed E-state index contributed by atoms with van der Waals surface area (Å²) in [6.45, 7) is 4.21. The predicted molar refractivity (Wildman–Crippen MR) is 70.2 cm³/mol. The largest absolute Gasteiger partial charge is 0.508 e. The predicted octanol–water partition coefficient (Wildman–Crippen LogP) is 2.14. The van der Waals surface area contributed by atoms with Crippen molar-refractivity contribution in [1.82, 2.24) is 10.2 Å². The van der Waals surface area contributed by atoms with E-state index in [1.165, 1.54) is 12.8 Å². The molecule has 3 heteroatoms. The summed E-state index contributed by atoms with van der Waals surface area (Å²) >= 11 is 0. The molecule has 0 heterocycles. The van der Waals surface area contributed by atoms with Crippen LogP contribution in [0.2, 0.25) is 0 Å². The third-order valence-electron chi connectivity index (χ3n) is 3.46. The van der Waals surface area contributed by atoms with E-state index < -0.39 is 0 Å². The number of nitrogens with one attached hydrogen (secondary N) is 1. The first kappa shape index (κ1) is 12.4. The maximum absolute atomic E-state index is 9.42. The van der Waals surface area contributed by atoms with E-state index >= 15 is 0 Å². The number of hydrogen-bond acceptors (Lipinski definition) is 3. The lowest BCUT2D eigenvalue weighted by Crippen LogP contribution is -2.31. The van der Waals surface area contributed by atoms with Gasteiger partial charge in [-0.15, -0.1) is 0 Å². The van der Waals surface area contributed by atoms with E-state index in [4.69, 9.17) is 0 Å². The van der Waals surface area contributed by atoms with Crippen molar-refractivity contribution in [1.29, 1.82) is 0 Å². The van der Waals surface area contributed by atoms with E-state index in [9.17, 15) is 5.11 Å². The molecule has 0 saturated heterocycles. The molecule has 2 rings (SSSR count). The molecule has 0 spiro atoms. The van der Waals surface area contributed by atoms with E-state index in [-0.39, 0.29) is 6.04 Å². The van der Waals surface area contributed by atoms with Crippen molar-refractivity contribution in [2.45, 2.75) is 31.8 Å². The molecule has 17 heavy (non-hydrogen) atoms. The van der Waals surface area contributed by atoms with Crippen LogP contribution >= 0.6 is 0 Å². The van der Waals surface area contributed by atoms with Gasteiger partial charge in [0.05, 0.1) is 0 Å². The van der Waals surface area contributed by atoms with Crippen LogP contribution in [-0.2, 0) is 0 Å². The van der Waals surface area contributed by atoms with Gasteiger partial charge in [-0.2, -0.15) is 0 Å². The smallest absolute Gasteiger partial charge is 0.115 e. The fourth-order valence-electron chi connectivity index (χ4n) is 2.07. The number of benzene rings is 1. The molecular weight excluding hydrogens is 212 g/mol. The van der Waals surface area contributed by atoms with Crippen molar-refractivity contribution in [2.24, 2.45) is 0 Å². The molecule has 0 bridgehead atoms. The summed E-state index contributed by atoms with van der Waals surface area (Å²) in [6, 6.07) is 8.57. The lowest BCUT2D eigenvalue weighted by atomic mass is 10.1. The number of rotatable bonds is 6. The topological polar surface area (TPSA) is 35.5 Å². The molecule has 0 amide bonds. The lowest BCUT2D eigenvalue weighted by Gasteiger charge is -2.19. The first-order valence-corrected chi connectivity index (χ1v) is 6.39. The van der Waals surface area contributed by atoms with Gasteiger partial charge in [-0.25, -0.2) is 0 Å². The van der Waals surface area contributed by atoms with E-state index in [2.05, 4.69) is 24.2 Å². The van der Waals surface area contributed by atoms with Gasteiger partial charge in [-0.3, -0.25) is 0 Å². The van der Waals surface area contributed by atoms with Gasteiger partial charge in [0.1, 0.15) is 5.75 Å². The van der Waals surface area contributed by atoms with E-state index in [0.29, 0.717) is 5.75 Å². The second-order valence-electron chi connectivity index (χ2n) is 4.98. The molecule has 1 aliphatic carbocycles. The molecule has 0 radical (unpaired) electrons. The second-order valence-corrected chi connectivity index (χ2v) is 4.98. The zero-order valence-corrected chi connectivity index (χ0v) is 10.7. The van der Waals surface area contributed by atoms with Gasteiger partial charge in [0.25, 0.3) is 0 Å². The molecule has 1 unspecified atom stereocenters. The highest BCUT2D eigenvalue weighted by atomic mass is 16.3. The minimum atomic E-state index is 0.287. The molecule has 0 aliphatic heterocycles. The van der Waals surface area contributed by atoms with Crippen molar-refractivity contribution in [2.75, 3.05) is 20.1 Å². The van der Waals surface area contributed by atoms with Gasteiger partial charge in [0, 0.05) is 25.2 Å². The Morgan fingerprint density at radius 1 is 1.47 bits per heavy atom. The molecule has 1 fully saturated rings. The Morgan fingerprint density at radius 2 is 2.24 bits per heavy atom. The quantitative estimate of drug-likeness (QED) is 0.791. The van der Waals surface area contributed by atoms with Gasteiger partial charge in [-0.05, 0) is 44.5 Å². The summed E-state index contributed by atoms with van der Waals surface area (Å²) in [7, 11) is 2.19. The minimum absolute atomic E-state index is 0.287. The van der Waals surface area contributed by atoms with E-state index in [1.54, 1.807) is 6.07 Å². The molecule has 1 atom stereocenters. The van der Waals surface area contributed by atoms with Crippen LogP contribution in [0.1, 0.15) is 31.4 Å². The summed E-state index contributed by atoms with van der Waals surface area (Å²) in [5, 5.41) is 12.9. The highest BCUT2D eigenvalue weighted by Crippen LogP contribution is 2.24. The summed E-state index contributed by atoms with van der Waals surface area (Å²) in [4.78, 5) is 2.42. The van der Waals surface area contributed by atoms with Crippen LogP contribution in [-0.4, -0.2) is 36.2 Å². The highest BCUT2D eigenvalue weighted by Gasteiger charge is 2.25. The van der Waals surface area contributed by atoms with Crippen LogP contribution in [0, 0.1) is 0 Å². The average Bonchev–Trinajstić information content (AvgIpc) is 3.12. The zero-order valence-electron chi connectivity index (χ0n) is 10.7. The maximum atomic E-state index is 9.42. The molecule has 1 aromatic rings. The number of aromatic hydroxyl groups is 1. The molecule has 1 aliphatic rings. The van der Waals surface area contributed by atoms with Gasteiger partial charge >= 0.3 is 0 Å². The normalized spacial score (nSPS) is 17.4. The van der Waals surface area contributed by atoms with Crippen LogP contribution < -0.4 is 5.32 Å². The van der Waals surface area contributed by atoms with Crippen LogP contribution in [0.5, 0.6) is 5.75 Å². The van der Waals surface area contributed by atoms with Crippen molar-refractivity contribution < 1.29 is 5.11 Å². The summed E-state index contributed by atoms with van der Waals surface area (Å²) in [5.41, 5.74) is 1.14. The van der Waals surface area contributed by atoms with E-state index in [1.807, 2.05) is 18.2 Å². The van der Waals surface area contributed by atoms with Gasteiger partial charge in [-0.1, -0.05) is 12.1 Å². The Kier molecular flexibility index (Phi) is 4.02. The van der Waals surface area contributed by atoms with Crippen LogP contribution in [0.4, 0.5) is 0 Å². The number of likely N-dealkylation sites (N-methyl/N-ethyl adjacent to an activating group) is 1. The third-order valence-corrected chi connectivity index (χ3v) is 3.46. The molecule has 1 aromatic carbocycles. The van der Waals surface area contributed by atoms with Crippen molar-refractivity contribution in [3.63, 3.8) is 0 Å². The molecule has 0 aromatic heterocycles. The number of nitrogens with zero attached hydrogens (tertiary/aromatic N) is 1. The summed E-state index contributed by atoms with van der Waals surface area (Å²) in [5.74, 6) is 0.339. The molecule has 94 valence electrons. The average molecular weight is 234 g/mol. The van der Waals surface area contributed by atoms with Gasteiger partial charge in [0.2, 0.25) is 0 Å². The first-order valence-electron chi connectivity index (χ1n) is 6.39. The first-order chi connectivity index (χ1) is 8.16. The lowest BCUT2D eigenvalue weighted by molar-refractivity contribution is 0.316. The molecule has 3 nitrogen and oxygen atoms in total. The van der Waals surface area contributed by atoms with Gasteiger partial charge < -0.3 is 15.3 Å². The Balaban J connectivity index is 1.74.